The van der Waals surface area contributed by atoms with E-state index < -0.39 is 0 Å². The highest BCUT2D eigenvalue weighted by Gasteiger charge is 2.19. The molecule has 1 atom stereocenters. The van der Waals surface area contributed by atoms with Crippen molar-refractivity contribution < 1.29 is 9.53 Å². The van der Waals surface area contributed by atoms with E-state index in [1.54, 1.807) is 6.08 Å². The van der Waals surface area contributed by atoms with Crippen LogP contribution in [0.5, 0.6) is 5.75 Å². The molecule has 0 unspecified atom stereocenters. The Kier molecular flexibility index (Phi) is 7.08. The first-order valence-electron chi connectivity index (χ1n) is 9.32. The van der Waals surface area contributed by atoms with Crippen LogP contribution in [0.2, 0.25) is 0 Å². The first kappa shape index (κ1) is 20.7. The molecule has 0 saturated heterocycles. The summed E-state index contributed by atoms with van der Waals surface area (Å²) in [6.07, 6.45) is 1.49. The summed E-state index contributed by atoms with van der Waals surface area (Å²) in [6.45, 7) is 8.28. The molecule has 1 aromatic heterocycles. The van der Waals surface area contributed by atoms with Crippen molar-refractivity contribution in [1.29, 1.82) is 0 Å². The van der Waals surface area contributed by atoms with Gasteiger partial charge in [-0.25, -0.2) is 0 Å². The summed E-state index contributed by atoms with van der Waals surface area (Å²) in [7, 11) is 0. The van der Waals surface area contributed by atoms with Gasteiger partial charge in [0, 0.05) is 12.2 Å². The number of allylic oxidation sites excluding steroid dienone is 1. The lowest BCUT2D eigenvalue weighted by atomic mass is 10.2. The Morgan fingerprint density at radius 1 is 1.21 bits per heavy atom. The third-order valence-corrected chi connectivity index (χ3v) is 5.11. The zero-order valence-electron chi connectivity index (χ0n) is 16.5. The van der Waals surface area contributed by atoms with Gasteiger partial charge >= 0.3 is 0 Å². The SMILES string of the molecule is C=CCn1c(SCC(=O)Nc2ccc(C)cc2)nnc1[C@H](C)Oc1ccccc1. The van der Waals surface area contributed by atoms with Gasteiger partial charge in [-0.1, -0.05) is 53.7 Å². The van der Waals surface area contributed by atoms with Crippen LogP contribution in [0.1, 0.15) is 24.4 Å². The van der Waals surface area contributed by atoms with E-state index in [4.69, 9.17) is 4.74 Å². The molecule has 0 aliphatic heterocycles. The number of thioether (sulfide) groups is 1. The number of aromatic nitrogens is 3. The fourth-order valence-corrected chi connectivity index (χ4v) is 3.48. The molecule has 1 amide bonds. The second-order valence-electron chi connectivity index (χ2n) is 6.52. The minimum absolute atomic E-state index is 0.0952. The maximum Gasteiger partial charge on any atom is 0.234 e. The Morgan fingerprint density at radius 2 is 1.93 bits per heavy atom. The zero-order valence-corrected chi connectivity index (χ0v) is 17.4. The van der Waals surface area contributed by atoms with Crippen molar-refractivity contribution in [2.75, 3.05) is 11.1 Å². The Morgan fingerprint density at radius 3 is 2.62 bits per heavy atom. The molecule has 0 aliphatic rings. The van der Waals surface area contributed by atoms with Gasteiger partial charge in [-0.2, -0.15) is 0 Å². The van der Waals surface area contributed by atoms with E-state index in [1.165, 1.54) is 11.8 Å². The monoisotopic (exact) mass is 408 g/mol. The number of carbonyl (C=O) groups excluding carboxylic acids is 1. The zero-order chi connectivity index (χ0) is 20.6. The molecule has 0 saturated carbocycles. The maximum atomic E-state index is 12.3. The number of anilines is 1. The number of ether oxygens (including phenoxy) is 1. The van der Waals surface area contributed by atoms with Gasteiger partial charge in [0.1, 0.15) is 5.75 Å². The first-order chi connectivity index (χ1) is 14.1. The average molecular weight is 409 g/mol. The Labute approximate surface area is 175 Å². The highest BCUT2D eigenvalue weighted by Crippen LogP contribution is 2.24. The molecule has 0 spiro atoms. The standard InChI is InChI=1S/C22H24N4O2S/c1-4-14-26-21(17(3)28-19-8-6-5-7-9-19)24-25-22(26)29-15-20(27)23-18-12-10-16(2)11-13-18/h4-13,17H,1,14-15H2,2-3H3,(H,23,27)/t17-/m0/s1. The fraction of sp³-hybridized carbons (Fsp3) is 0.227. The number of hydrogen-bond donors (Lipinski definition) is 1. The minimum Gasteiger partial charge on any atom is -0.483 e. The average Bonchev–Trinajstić information content (AvgIpc) is 3.12. The molecular formula is C22H24N4O2S. The lowest BCUT2D eigenvalue weighted by Gasteiger charge is -2.15. The van der Waals surface area contributed by atoms with Crippen LogP contribution in [0, 0.1) is 6.92 Å². The van der Waals surface area contributed by atoms with Crippen molar-refractivity contribution in [1.82, 2.24) is 14.8 Å². The Bertz CT molecular complexity index is 955. The van der Waals surface area contributed by atoms with Crippen LogP contribution < -0.4 is 10.1 Å². The summed E-state index contributed by atoms with van der Waals surface area (Å²) in [6, 6.07) is 17.3. The number of nitrogens with zero attached hydrogens (tertiary/aromatic N) is 3. The van der Waals surface area contributed by atoms with Crippen LogP contribution in [0.25, 0.3) is 0 Å². The second-order valence-corrected chi connectivity index (χ2v) is 7.46. The smallest absolute Gasteiger partial charge is 0.234 e. The topological polar surface area (TPSA) is 69.0 Å². The quantitative estimate of drug-likeness (QED) is 0.412. The number of carbonyl (C=O) groups is 1. The molecule has 0 fully saturated rings. The van der Waals surface area contributed by atoms with Crippen LogP contribution in [0.4, 0.5) is 5.69 Å². The number of nitrogens with one attached hydrogen (secondary N) is 1. The predicted octanol–water partition coefficient (Wildman–Crippen LogP) is 4.64. The van der Waals surface area contributed by atoms with Crippen molar-refractivity contribution in [2.24, 2.45) is 0 Å². The van der Waals surface area contributed by atoms with Crippen molar-refractivity contribution in [2.45, 2.75) is 31.7 Å². The molecule has 1 N–H and O–H groups in total. The molecule has 6 nitrogen and oxygen atoms in total. The van der Waals surface area contributed by atoms with Gasteiger partial charge in [0.25, 0.3) is 0 Å². The molecule has 0 aliphatic carbocycles. The van der Waals surface area contributed by atoms with E-state index in [9.17, 15) is 4.79 Å². The summed E-state index contributed by atoms with van der Waals surface area (Å²) in [5, 5.41) is 12.1. The van der Waals surface area contributed by atoms with E-state index in [0.29, 0.717) is 17.5 Å². The molecule has 7 heteroatoms. The van der Waals surface area contributed by atoms with Gasteiger partial charge in [-0.3, -0.25) is 9.36 Å². The van der Waals surface area contributed by atoms with Crippen molar-refractivity contribution in [3.8, 4) is 5.75 Å². The molecule has 150 valence electrons. The van der Waals surface area contributed by atoms with Gasteiger partial charge in [-0.15, -0.1) is 16.8 Å². The summed E-state index contributed by atoms with van der Waals surface area (Å²) in [5.74, 6) is 1.59. The van der Waals surface area contributed by atoms with Crippen LogP contribution in [0.3, 0.4) is 0 Å². The lowest BCUT2D eigenvalue weighted by molar-refractivity contribution is -0.113. The number of amides is 1. The van der Waals surface area contributed by atoms with E-state index in [0.717, 1.165) is 17.0 Å². The minimum atomic E-state index is -0.291. The number of para-hydroxylation sites is 1. The predicted molar refractivity (Wildman–Crippen MR) is 116 cm³/mol. The van der Waals surface area contributed by atoms with E-state index in [2.05, 4.69) is 22.1 Å². The number of aryl methyl sites for hydroxylation is 1. The summed E-state index contributed by atoms with van der Waals surface area (Å²) >= 11 is 1.34. The van der Waals surface area contributed by atoms with Gasteiger partial charge in [0.2, 0.25) is 5.91 Å². The summed E-state index contributed by atoms with van der Waals surface area (Å²) in [4.78, 5) is 12.3. The third kappa shape index (κ3) is 5.71. The molecule has 3 aromatic rings. The normalized spacial score (nSPS) is 11.7. The molecule has 2 aromatic carbocycles. The molecule has 1 heterocycles. The number of rotatable bonds is 9. The summed E-state index contributed by atoms with van der Waals surface area (Å²) < 4.78 is 7.89. The van der Waals surface area contributed by atoms with E-state index in [-0.39, 0.29) is 17.8 Å². The van der Waals surface area contributed by atoms with Crippen molar-refractivity contribution in [3.63, 3.8) is 0 Å². The molecule has 0 bridgehead atoms. The fourth-order valence-electron chi connectivity index (χ4n) is 2.73. The van der Waals surface area contributed by atoms with Crippen molar-refractivity contribution in [3.05, 3.63) is 78.6 Å². The molecular weight excluding hydrogens is 384 g/mol. The van der Waals surface area contributed by atoms with Gasteiger partial charge in [-0.05, 0) is 38.1 Å². The second kappa shape index (κ2) is 9.93. The van der Waals surface area contributed by atoms with Crippen LogP contribution in [-0.2, 0) is 11.3 Å². The summed E-state index contributed by atoms with van der Waals surface area (Å²) in [5.41, 5.74) is 1.92. The van der Waals surface area contributed by atoms with Crippen molar-refractivity contribution >= 4 is 23.4 Å². The highest BCUT2D eigenvalue weighted by molar-refractivity contribution is 7.99. The highest BCUT2D eigenvalue weighted by atomic mass is 32.2. The van der Waals surface area contributed by atoms with E-state index in [1.807, 2.05) is 73.0 Å². The van der Waals surface area contributed by atoms with Gasteiger partial charge in [0.15, 0.2) is 17.1 Å². The van der Waals surface area contributed by atoms with Crippen LogP contribution >= 0.6 is 11.8 Å². The van der Waals surface area contributed by atoms with Crippen LogP contribution in [-0.4, -0.2) is 26.4 Å². The van der Waals surface area contributed by atoms with Gasteiger partial charge < -0.3 is 10.1 Å². The molecule has 3 rings (SSSR count). The number of hydrogen-bond acceptors (Lipinski definition) is 5. The number of benzene rings is 2. The largest absolute Gasteiger partial charge is 0.483 e. The molecule has 29 heavy (non-hydrogen) atoms. The maximum absolute atomic E-state index is 12.3. The Balaban J connectivity index is 1.65. The van der Waals surface area contributed by atoms with E-state index >= 15 is 0 Å². The first-order valence-corrected chi connectivity index (χ1v) is 10.3. The lowest BCUT2D eigenvalue weighted by Crippen LogP contribution is -2.15. The third-order valence-electron chi connectivity index (χ3n) is 4.14. The van der Waals surface area contributed by atoms with Crippen LogP contribution in [0.15, 0.2) is 72.4 Å². The molecule has 0 radical (unpaired) electrons. The Hall–Kier alpha value is -3.06. The van der Waals surface area contributed by atoms with Gasteiger partial charge in [0.05, 0.1) is 5.75 Å².